The fourth-order valence-corrected chi connectivity index (χ4v) is 1.01. The summed E-state index contributed by atoms with van der Waals surface area (Å²) in [6, 6.07) is 4.72. The Labute approximate surface area is 89.0 Å². The van der Waals surface area contributed by atoms with Gasteiger partial charge in [0.2, 0.25) is 0 Å². The lowest BCUT2D eigenvalue weighted by Gasteiger charge is -2.11. The zero-order valence-electron chi connectivity index (χ0n) is 7.82. The smallest absolute Gasteiger partial charge is 0.508 e. The van der Waals surface area contributed by atoms with Crippen molar-refractivity contribution < 1.29 is 23.0 Å². The van der Waals surface area contributed by atoms with Crippen molar-refractivity contribution in [3.63, 3.8) is 0 Å². The summed E-state index contributed by atoms with van der Waals surface area (Å²) in [5, 5.41) is 17.3. The first-order chi connectivity index (χ1) is 7.42. The lowest BCUT2D eigenvalue weighted by atomic mass is 10.2. The van der Waals surface area contributed by atoms with Crippen molar-refractivity contribution in [2.45, 2.75) is 6.36 Å². The number of allylic oxidation sites excluding steroid dienone is 1. The summed E-state index contributed by atoms with van der Waals surface area (Å²) in [5.41, 5.74) is -0.0288. The first kappa shape index (κ1) is 11.9. The van der Waals surface area contributed by atoms with Crippen molar-refractivity contribution in [3.05, 3.63) is 29.8 Å². The van der Waals surface area contributed by atoms with Crippen molar-refractivity contribution in [3.8, 4) is 17.6 Å². The van der Waals surface area contributed by atoms with Gasteiger partial charge in [0.05, 0.1) is 6.07 Å². The number of hydrogen-bond acceptors (Lipinski definition) is 3. The van der Waals surface area contributed by atoms with Gasteiger partial charge >= 0.3 is 6.36 Å². The minimum atomic E-state index is -4.81. The summed E-state index contributed by atoms with van der Waals surface area (Å²) in [7, 11) is 0. The van der Waals surface area contributed by atoms with E-state index in [0.29, 0.717) is 0 Å². The number of hydrogen-bond donors (Lipinski definition) is 1. The van der Waals surface area contributed by atoms with Crippen molar-refractivity contribution in [2.24, 2.45) is 0 Å². The molecule has 0 fully saturated rings. The van der Waals surface area contributed by atoms with Gasteiger partial charge in [-0.15, -0.1) is 13.2 Å². The van der Waals surface area contributed by atoms with Crippen LogP contribution in [-0.4, -0.2) is 11.5 Å². The van der Waals surface area contributed by atoms with Crippen LogP contribution in [0.15, 0.2) is 24.3 Å². The molecular formula is C10H6F3NO2. The second-order valence-electron chi connectivity index (χ2n) is 2.73. The second kappa shape index (κ2) is 4.57. The normalized spacial score (nSPS) is 11.4. The number of ether oxygens (including phenoxy) is 1. The molecule has 0 aliphatic heterocycles. The molecule has 16 heavy (non-hydrogen) atoms. The van der Waals surface area contributed by atoms with Gasteiger partial charge in [-0.1, -0.05) is 0 Å². The summed E-state index contributed by atoms with van der Waals surface area (Å²) in [6.07, 6.45) is -2.72. The summed E-state index contributed by atoms with van der Waals surface area (Å²) < 4.78 is 39.6. The number of halogens is 3. The maximum absolute atomic E-state index is 12.0. The Bertz CT molecular complexity index is 446. The molecule has 0 atom stereocenters. The molecule has 0 radical (unpaired) electrons. The highest BCUT2D eigenvalue weighted by Gasteiger charge is 2.31. The van der Waals surface area contributed by atoms with E-state index in [9.17, 15) is 13.2 Å². The first-order valence-electron chi connectivity index (χ1n) is 4.07. The molecule has 0 aromatic heterocycles. The fourth-order valence-electron chi connectivity index (χ4n) is 1.01. The third-order valence-corrected chi connectivity index (χ3v) is 1.56. The van der Waals surface area contributed by atoms with Crippen LogP contribution in [-0.2, 0) is 0 Å². The Morgan fingerprint density at radius 1 is 1.38 bits per heavy atom. The molecule has 0 aliphatic carbocycles. The summed E-state index contributed by atoms with van der Waals surface area (Å²) in [4.78, 5) is 0. The quantitative estimate of drug-likeness (QED) is 0.793. The van der Waals surface area contributed by atoms with E-state index in [0.717, 1.165) is 30.4 Å². The van der Waals surface area contributed by atoms with Crippen LogP contribution in [0.4, 0.5) is 13.2 Å². The predicted molar refractivity (Wildman–Crippen MR) is 49.4 cm³/mol. The topological polar surface area (TPSA) is 53.2 Å². The van der Waals surface area contributed by atoms with E-state index in [-0.39, 0.29) is 11.3 Å². The molecule has 0 spiro atoms. The van der Waals surface area contributed by atoms with Gasteiger partial charge in [-0.2, -0.15) is 5.26 Å². The second-order valence-corrected chi connectivity index (χ2v) is 2.73. The fraction of sp³-hybridized carbons (Fsp3) is 0.100. The number of nitrogens with zero attached hydrogens (tertiary/aromatic N) is 1. The Kier molecular flexibility index (Phi) is 3.40. The van der Waals surface area contributed by atoms with Crippen LogP contribution in [0.5, 0.6) is 11.5 Å². The summed E-state index contributed by atoms with van der Waals surface area (Å²) >= 11 is 0. The number of aromatic hydroxyl groups is 1. The average molecular weight is 229 g/mol. The first-order valence-corrected chi connectivity index (χ1v) is 4.07. The van der Waals surface area contributed by atoms with Crippen molar-refractivity contribution in [1.29, 1.82) is 5.26 Å². The number of benzene rings is 1. The van der Waals surface area contributed by atoms with Gasteiger partial charge in [-0.25, -0.2) is 0 Å². The number of alkyl halides is 3. The van der Waals surface area contributed by atoms with E-state index in [1.807, 2.05) is 0 Å². The largest absolute Gasteiger partial charge is 0.573 e. The Morgan fingerprint density at radius 3 is 2.62 bits per heavy atom. The number of phenolic OH excluding ortho intramolecular Hbond substituents is 1. The van der Waals surface area contributed by atoms with Crippen LogP contribution in [0.25, 0.3) is 6.08 Å². The monoisotopic (exact) mass is 229 g/mol. The molecule has 1 rings (SSSR count). The molecule has 1 aromatic rings. The third-order valence-electron chi connectivity index (χ3n) is 1.56. The molecule has 0 saturated carbocycles. The molecule has 0 saturated heterocycles. The minimum absolute atomic E-state index is 0.0288. The van der Waals surface area contributed by atoms with Crippen LogP contribution < -0.4 is 4.74 Å². The molecular weight excluding hydrogens is 223 g/mol. The summed E-state index contributed by atoms with van der Waals surface area (Å²) in [5.74, 6) is -0.691. The molecule has 6 heteroatoms. The van der Waals surface area contributed by atoms with Crippen LogP contribution in [0.3, 0.4) is 0 Å². The molecule has 0 amide bonds. The van der Waals surface area contributed by atoms with E-state index in [4.69, 9.17) is 10.4 Å². The maximum atomic E-state index is 12.0. The molecule has 1 N–H and O–H groups in total. The van der Waals surface area contributed by atoms with Gasteiger partial charge in [0, 0.05) is 11.6 Å². The Hall–Kier alpha value is -2.16. The maximum Gasteiger partial charge on any atom is 0.573 e. The van der Waals surface area contributed by atoms with Crippen LogP contribution in [0.1, 0.15) is 5.56 Å². The molecule has 0 aliphatic rings. The van der Waals surface area contributed by atoms with Gasteiger partial charge in [-0.05, 0) is 24.3 Å². The summed E-state index contributed by atoms with van der Waals surface area (Å²) in [6.45, 7) is 0. The van der Waals surface area contributed by atoms with Crippen molar-refractivity contribution >= 4 is 6.08 Å². The highest BCUT2D eigenvalue weighted by atomic mass is 19.4. The standard InChI is InChI=1S/C10H6F3NO2/c11-10(12,13)16-9-4-3-8(15)6-7(9)2-1-5-14/h1-4,6,15H. The van der Waals surface area contributed by atoms with E-state index in [2.05, 4.69) is 4.74 Å². The Morgan fingerprint density at radius 2 is 2.06 bits per heavy atom. The molecule has 0 unspecified atom stereocenters. The SMILES string of the molecule is N#CC=Cc1cc(O)ccc1OC(F)(F)F. The third kappa shape index (κ3) is 3.53. The molecule has 84 valence electrons. The lowest BCUT2D eigenvalue weighted by molar-refractivity contribution is -0.274. The lowest BCUT2D eigenvalue weighted by Crippen LogP contribution is -2.17. The van der Waals surface area contributed by atoms with Gasteiger partial charge < -0.3 is 9.84 Å². The van der Waals surface area contributed by atoms with Gasteiger partial charge in [0.15, 0.2) is 0 Å². The van der Waals surface area contributed by atoms with Crippen molar-refractivity contribution in [2.75, 3.05) is 0 Å². The van der Waals surface area contributed by atoms with E-state index < -0.39 is 12.1 Å². The Balaban J connectivity index is 3.08. The van der Waals surface area contributed by atoms with Crippen LogP contribution >= 0.6 is 0 Å². The van der Waals surface area contributed by atoms with E-state index in [1.54, 1.807) is 6.07 Å². The van der Waals surface area contributed by atoms with Gasteiger partial charge in [0.1, 0.15) is 11.5 Å². The average Bonchev–Trinajstić information content (AvgIpc) is 2.16. The molecule has 1 aromatic carbocycles. The van der Waals surface area contributed by atoms with Crippen molar-refractivity contribution in [1.82, 2.24) is 0 Å². The number of phenols is 1. The van der Waals surface area contributed by atoms with Crippen LogP contribution in [0.2, 0.25) is 0 Å². The zero-order valence-corrected chi connectivity index (χ0v) is 7.82. The minimum Gasteiger partial charge on any atom is -0.508 e. The molecule has 3 nitrogen and oxygen atoms in total. The van der Waals surface area contributed by atoms with E-state index in [1.165, 1.54) is 0 Å². The predicted octanol–water partition coefficient (Wildman–Crippen LogP) is 2.83. The zero-order chi connectivity index (χ0) is 12.2. The molecule has 0 heterocycles. The number of nitriles is 1. The van der Waals surface area contributed by atoms with Crippen LogP contribution in [0, 0.1) is 11.3 Å². The highest BCUT2D eigenvalue weighted by Crippen LogP contribution is 2.29. The van der Waals surface area contributed by atoms with Gasteiger partial charge in [-0.3, -0.25) is 0 Å². The molecule has 0 bridgehead atoms. The van der Waals surface area contributed by atoms with Gasteiger partial charge in [0.25, 0.3) is 0 Å². The highest BCUT2D eigenvalue weighted by molar-refractivity contribution is 5.60. The number of rotatable bonds is 2. The van der Waals surface area contributed by atoms with E-state index >= 15 is 0 Å².